The first-order chi connectivity index (χ1) is 25.2. The number of rotatable bonds is 6. The van der Waals surface area contributed by atoms with E-state index in [1.165, 1.54) is 19.2 Å². The fourth-order valence-electron chi connectivity index (χ4n) is 6.27. The normalized spacial score (nSPS) is 15.3. The van der Waals surface area contributed by atoms with Gasteiger partial charge in [0.2, 0.25) is 5.43 Å². The van der Waals surface area contributed by atoms with Crippen LogP contribution in [0.15, 0.2) is 69.9 Å². The number of ether oxygens (including phenoxy) is 5. The molecule has 3 aliphatic rings. The van der Waals surface area contributed by atoms with Crippen molar-refractivity contribution in [3.8, 4) is 39.7 Å². The van der Waals surface area contributed by atoms with Crippen LogP contribution in [0.1, 0.15) is 10.4 Å². The minimum Gasteiger partial charge on any atom is -0.505 e. The van der Waals surface area contributed by atoms with Gasteiger partial charge in [0.1, 0.15) is 22.8 Å². The summed E-state index contributed by atoms with van der Waals surface area (Å²) in [6, 6.07) is 14.4. The van der Waals surface area contributed by atoms with Gasteiger partial charge in [-0.25, -0.2) is 13.6 Å². The number of benzene rings is 4. The SMILES string of the molecule is COc1ccccc1N1CCOCCOCCN(c2cc(C(=O)O)c(-c3c4cc(F)c(=O)cc-4oc4cc(O)c(F)cc34)cc2OC)CCOCC1. The molecule has 2 aliphatic heterocycles. The molecular weight excluding hydrogens is 682 g/mol. The largest absolute Gasteiger partial charge is 0.505 e. The second-order valence-corrected chi connectivity index (χ2v) is 11.9. The van der Waals surface area contributed by atoms with E-state index in [0.29, 0.717) is 58.3 Å². The summed E-state index contributed by atoms with van der Waals surface area (Å²) in [5.74, 6) is -3.28. The van der Waals surface area contributed by atoms with E-state index in [9.17, 15) is 28.6 Å². The first-order valence-electron chi connectivity index (χ1n) is 16.6. The molecule has 3 aromatic carbocycles. The van der Waals surface area contributed by atoms with Crippen molar-refractivity contribution in [1.82, 2.24) is 0 Å². The summed E-state index contributed by atoms with van der Waals surface area (Å²) in [5.41, 5.74) is 0.226. The Balaban J connectivity index is 1.37. The molecule has 274 valence electrons. The number of halogens is 2. The molecule has 1 fully saturated rings. The highest BCUT2D eigenvalue weighted by Crippen LogP contribution is 2.45. The maximum absolute atomic E-state index is 14.8. The maximum atomic E-state index is 14.8. The van der Waals surface area contributed by atoms with Crippen LogP contribution in [0.25, 0.3) is 33.4 Å². The molecule has 0 unspecified atom stereocenters. The van der Waals surface area contributed by atoms with Crippen molar-refractivity contribution in [2.24, 2.45) is 0 Å². The zero-order valence-corrected chi connectivity index (χ0v) is 28.7. The van der Waals surface area contributed by atoms with Gasteiger partial charge in [-0.15, -0.1) is 0 Å². The fourth-order valence-corrected chi connectivity index (χ4v) is 6.27. The Hall–Kier alpha value is -5.44. The van der Waals surface area contributed by atoms with Gasteiger partial charge in [-0.2, -0.15) is 0 Å². The van der Waals surface area contributed by atoms with Crippen LogP contribution in [-0.2, 0) is 14.2 Å². The highest BCUT2D eigenvalue weighted by Gasteiger charge is 2.27. The highest BCUT2D eigenvalue weighted by atomic mass is 19.1. The minimum absolute atomic E-state index is 0.0207. The monoisotopic (exact) mass is 720 g/mol. The molecule has 2 heterocycles. The van der Waals surface area contributed by atoms with Crippen LogP contribution >= 0.6 is 0 Å². The van der Waals surface area contributed by atoms with Gasteiger partial charge in [0.25, 0.3) is 0 Å². The van der Waals surface area contributed by atoms with E-state index in [2.05, 4.69) is 4.90 Å². The number of hydrogen-bond acceptors (Lipinski definition) is 11. The molecule has 0 atom stereocenters. The lowest BCUT2D eigenvalue weighted by Crippen LogP contribution is -2.33. The summed E-state index contributed by atoms with van der Waals surface area (Å²) in [6.45, 7) is 3.94. The zero-order valence-electron chi connectivity index (χ0n) is 28.7. The molecule has 12 nitrogen and oxygen atoms in total. The first-order valence-corrected chi connectivity index (χ1v) is 16.6. The molecule has 6 rings (SSSR count). The standard InChI is InChI=1S/C38H38F2N2O10/c1-47-33-6-4-3-5-29(33)41-7-11-49-12-9-42(10-14-51-16-15-50-13-8-41)30-19-24(38(45)46)23(20-36(30)48-2)37-25-17-27(39)31(43)21-34(25)52-35-22-32(44)28(40)18-26(35)37/h3-6,17-22,43H,7-16H2,1-2H3,(H,45,46). The number of methoxy groups -OCH3 is 2. The van der Waals surface area contributed by atoms with Gasteiger partial charge < -0.3 is 48.1 Å². The van der Waals surface area contributed by atoms with Gasteiger partial charge in [0.15, 0.2) is 17.4 Å². The van der Waals surface area contributed by atoms with Crippen molar-refractivity contribution < 1.29 is 51.9 Å². The molecule has 52 heavy (non-hydrogen) atoms. The van der Waals surface area contributed by atoms with E-state index in [4.69, 9.17) is 28.1 Å². The number of phenols is 1. The van der Waals surface area contributed by atoms with E-state index in [1.54, 1.807) is 7.11 Å². The van der Waals surface area contributed by atoms with Gasteiger partial charge in [-0.3, -0.25) is 4.79 Å². The molecule has 2 N–H and O–H groups in total. The average Bonchev–Trinajstić information content (AvgIpc) is 3.14. The molecule has 0 radical (unpaired) electrons. The molecule has 3 aromatic rings. The molecule has 1 saturated heterocycles. The van der Waals surface area contributed by atoms with Crippen LogP contribution in [0.2, 0.25) is 0 Å². The van der Waals surface area contributed by atoms with Gasteiger partial charge in [0, 0.05) is 60.4 Å². The van der Waals surface area contributed by atoms with Gasteiger partial charge in [-0.05, 0) is 36.4 Å². The van der Waals surface area contributed by atoms with E-state index in [1.807, 2.05) is 29.2 Å². The molecule has 14 heteroatoms. The Morgan fingerprint density at radius 1 is 0.731 bits per heavy atom. The number of phenolic OH excluding ortho intramolecular Hbond substituents is 1. The van der Waals surface area contributed by atoms with E-state index in [0.717, 1.165) is 35.7 Å². The van der Waals surface area contributed by atoms with Crippen molar-refractivity contribution in [3.05, 3.63) is 88.1 Å². The Labute approximate surface area is 297 Å². The van der Waals surface area contributed by atoms with Gasteiger partial charge in [0.05, 0.1) is 70.8 Å². The molecule has 0 bridgehead atoms. The molecule has 0 saturated carbocycles. The van der Waals surface area contributed by atoms with E-state index >= 15 is 0 Å². The van der Waals surface area contributed by atoms with Gasteiger partial charge >= 0.3 is 5.97 Å². The minimum atomic E-state index is -1.33. The van der Waals surface area contributed by atoms with Gasteiger partial charge in [-0.1, -0.05) is 12.1 Å². The number of hydrogen-bond donors (Lipinski definition) is 2. The molecule has 1 aliphatic carbocycles. The third-order valence-electron chi connectivity index (χ3n) is 8.82. The number of aromatic carboxylic acids is 1. The predicted molar refractivity (Wildman–Crippen MR) is 190 cm³/mol. The van der Waals surface area contributed by atoms with Crippen molar-refractivity contribution in [3.63, 3.8) is 0 Å². The summed E-state index contributed by atoms with van der Waals surface area (Å²) in [5, 5.41) is 20.7. The number of carbonyl (C=O) groups is 1. The van der Waals surface area contributed by atoms with Crippen LogP contribution in [0.3, 0.4) is 0 Å². The summed E-state index contributed by atoms with van der Waals surface area (Å²) < 4.78 is 64.5. The molecular formula is C38H38F2N2O10. The summed E-state index contributed by atoms with van der Waals surface area (Å²) in [6.07, 6.45) is 0. The third-order valence-corrected chi connectivity index (χ3v) is 8.82. The number of aromatic hydroxyl groups is 1. The summed E-state index contributed by atoms with van der Waals surface area (Å²) in [7, 11) is 3.04. The highest BCUT2D eigenvalue weighted by molar-refractivity contribution is 6.08. The lowest BCUT2D eigenvalue weighted by molar-refractivity contribution is 0.0530. The maximum Gasteiger partial charge on any atom is 0.336 e. The van der Waals surface area contributed by atoms with Crippen LogP contribution in [-0.4, -0.2) is 96.2 Å². The van der Waals surface area contributed by atoms with E-state index < -0.39 is 28.8 Å². The number of anilines is 2. The van der Waals surface area contributed by atoms with Crippen LogP contribution < -0.4 is 24.7 Å². The quantitative estimate of drug-likeness (QED) is 0.210. The smallest absolute Gasteiger partial charge is 0.336 e. The lowest BCUT2D eigenvalue weighted by atomic mass is 9.90. The first kappa shape index (κ1) is 36.4. The fraction of sp³-hybridized carbons (Fsp3) is 0.316. The summed E-state index contributed by atoms with van der Waals surface area (Å²) in [4.78, 5) is 29.2. The van der Waals surface area contributed by atoms with Crippen LogP contribution in [0.5, 0.6) is 17.2 Å². The Bertz CT molecular complexity index is 2090. The zero-order chi connectivity index (χ0) is 36.8. The number of fused-ring (bicyclic) bond motifs is 2. The molecule has 0 amide bonds. The number of nitrogens with zero attached hydrogens (tertiary/aromatic N) is 2. The summed E-state index contributed by atoms with van der Waals surface area (Å²) >= 11 is 0. The second kappa shape index (κ2) is 16.3. The van der Waals surface area contributed by atoms with Crippen LogP contribution in [0, 0.1) is 11.6 Å². The van der Waals surface area contributed by atoms with Crippen molar-refractivity contribution in [2.75, 3.05) is 89.8 Å². The average molecular weight is 721 g/mol. The Kier molecular flexibility index (Phi) is 11.4. The number of para-hydroxylation sites is 2. The lowest BCUT2D eigenvalue weighted by Gasteiger charge is -2.28. The predicted octanol–water partition coefficient (Wildman–Crippen LogP) is 5.64. The Morgan fingerprint density at radius 3 is 1.98 bits per heavy atom. The number of carboxylic acid groups (broad SMARTS) is 1. The third kappa shape index (κ3) is 7.73. The second-order valence-electron chi connectivity index (χ2n) is 11.9. The topological polar surface area (TPSA) is 140 Å². The molecule has 0 aromatic heterocycles. The number of carboxylic acids is 1. The van der Waals surface area contributed by atoms with Crippen molar-refractivity contribution in [1.29, 1.82) is 0 Å². The van der Waals surface area contributed by atoms with Crippen LogP contribution in [0.4, 0.5) is 20.2 Å². The van der Waals surface area contributed by atoms with Crippen molar-refractivity contribution >= 4 is 28.3 Å². The Morgan fingerprint density at radius 2 is 1.35 bits per heavy atom. The van der Waals surface area contributed by atoms with Crippen molar-refractivity contribution in [2.45, 2.75) is 0 Å². The molecule has 0 spiro atoms. The van der Waals surface area contributed by atoms with E-state index in [-0.39, 0.29) is 57.9 Å².